The Bertz CT molecular complexity index is 582. The molecule has 2 unspecified atom stereocenters. The Morgan fingerprint density at radius 3 is 2.65 bits per heavy atom. The summed E-state index contributed by atoms with van der Waals surface area (Å²) in [6, 6.07) is 14.7. The molecule has 3 heteroatoms. The minimum atomic E-state index is -0.906. The molecule has 2 aromatic rings. The van der Waals surface area contributed by atoms with E-state index >= 15 is 0 Å². The predicted molar refractivity (Wildman–Crippen MR) is 87.6 cm³/mol. The molecule has 2 aromatic carbocycles. The third kappa shape index (κ3) is 4.15. The van der Waals surface area contributed by atoms with Gasteiger partial charge in [-0.1, -0.05) is 37.3 Å². The number of nitrogens with one attached hydrogen (secondary N) is 1. The average Bonchev–Trinajstić information content (AvgIpc) is 2.50. The first-order chi connectivity index (χ1) is 9.70. The zero-order valence-corrected chi connectivity index (χ0v) is 13.1. The SMILES string of the molecule is CCCNC(C)CCS(=O)c1ccc2ccccc2c1. The highest BCUT2D eigenvalue weighted by atomic mass is 32.2. The summed E-state index contributed by atoms with van der Waals surface area (Å²) in [5.74, 6) is 0.718. The van der Waals surface area contributed by atoms with Crippen LogP contribution in [0, 0.1) is 0 Å². The number of rotatable bonds is 7. The van der Waals surface area contributed by atoms with Crippen LogP contribution in [0.5, 0.6) is 0 Å². The highest BCUT2D eigenvalue weighted by Gasteiger charge is 2.07. The standard InChI is InChI=1S/C17H23NOS/c1-3-11-18-14(2)10-12-20(19)17-9-8-15-6-4-5-7-16(15)13-17/h4-9,13-14,18H,3,10-12H2,1-2H3. The lowest BCUT2D eigenvalue weighted by molar-refractivity contribution is 0.533. The van der Waals surface area contributed by atoms with Crippen LogP contribution < -0.4 is 5.32 Å². The van der Waals surface area contributed by atoms with Crippen LogP contribution in [0.25, 0.3) is 10.8 Å². The first-order valence-corrected chi connectivity index (χ1v) is 8.63. The number of hydrogen-bond donors (Lipinski definition) is 1. The van der Waals surface area contributed by atoms with Crippen molar-refractivity contribution < 1.29 is 4.21 Å². The van der Waals surface area contributed by atoms with Crippen molar-refractivity contribution in [2.75, 3.05) is 12.3 Å². The van der Waals surface area contributed by atoms with Crippen molar-refractivity contribution in [1.29, 1.82) is 0 Å². The monoisotopic (exact) mass is 289 g/mol. The van der Waals surface area contributed by atoms with Crippen molar-refractivity contribution in [3.8, 4) is 0 Å². The van der Waals surface area contributed by atoms with Crippen LogP contribution in [0.3, 0.4) is 0 Å². The van der Waals surface area contributed by atoms with Crippen LogP contribution in [-0.2, 0) is 10.8 Å². The normalized spacial score (nSPS) is 14.3. The van der Waals surface area contributed by atoms with Crippen molar-refractivity contribution in [2.45, 2.75) is 37.6 Å². The van der Waals surface area contributed by atoms with Gasteiger partial charge in [0.25, 0.3) is 0 Å². The van der Waals surface area contributed by atoms with Crippen LogP contribution in [-0.4, -0.2) is 22.5 Å². The number of hydrogen-bond acceptors (Lipinski definition) is 2. The lowest BCUT2D eigenvalue weighted by Gasteiger charge is -2.12. The van der Waals surface area contributed by atoms with Crippen LogP contribution in [0.4, 0.5) is 0 Å². The van der Waals surface area contributed by atoms with E-state index in [2.05, 4.69) is 43.4 Å². The molecule has 2 atom stereocenters. The zero-order chi connectivity index (χ0) is 14.4. The summed E-state index contributed by atoms with van der Waals surface area (Å²) >= 11 is 0. The van der Waals surface area contributed by atoms with Gasteiger partial charge < -0.3 is 5.32 Å². The van der Waals surface area contributed by atoms with Crippen molar-refractivity contribution in [2.24, 2.45) is 0 Å². The molecule has 0 bridgehead atoms. The van der Waals surface area contributed by atoms with E-state index in [4.69, 9.17) is 0 Å². The van der Waals surface area contributed by atoms with Gasteiger partial charge in [0.2, 0.25) is 0 Å². The summed E-state index contributed by atoms with van der Waals surface area (Å²) in [7, 11) is -0.906. The summed E-state index contributed by atoms with van der Waals surface area (Å²) in [5.41, 5.74) is 0. The summed E-state index contributed by atoms with van der Waals surface area (Å²) in [6.07, 6.45) is 2.08. The molecule has 0 aliphatic heterocycles. The van der Waals surface area contributed by atoms with Gasteiger partial charge in [0.05, 0.1) is 10.8 Å². The second kappa shape index (κ2) is 7.55. The molecule has 2 nitrogen and oxygen atoms in total. The second-order valence-electron chi connectivity index (χ2n) is 5.20. The van der Waals surface area contributed by atoms with Crippen molar-refractivity contribution in [3.63, 3.8) is 0 Å². The third-order valence-corrected chi connectivity index (χ3v) is 4.85. The summed E-state index contributed by atoms with van der Waals surface area (Å²) in [4.78, 5) is 0.936. The van der Waals surface area contributed by atoms with Gasteiger partial charge in [-0.25, -0.2) is 0 Å². The Morgan fingerprint density at radius 2 is 1.90 bits per heavy atom. The lowest BCUT2D eigenvalue weighted by Crippen LogP contribution is -2.28. The smallest absolute Gasteiger partial charge is 0.0530 e. The summed E-state index contributed by atoms with van der Waals surface area (Å²) < 4.78 is 12.3. The van der Waals surface area contributed by atoms with Gasteiger partial charge in [-0.2, -0.15) is 0 Å². The molecular weight excluding hydrogens is 266 g/mol. The molecule has 1 N–H and O–H groups in total. The Morgan fingerprint density at radius 1 is 1.15 bits per heavy atom. The van der Waals surface area contributed by atoms with E-state index in [1.54, 1.807) is 0 Å². The van der Waals surface area contributed by atoms with Gasteiger partial charge in [-0.05, 0) is 49.2 Å². The van der Waals surface area contributed by atoms with Crippen LogP contribution in [0.15, 0.2) is 47.4 Å². The number of benzene rings is 2. The minimum absolute atomic E-state index is 0.430. The van der Waals surface area contributed by atoms with E-state index in [0.717, 1.165) is 35.4 Å². The average molecular weight is 289 g/mol. The fourth-order valence-corrected chi connectivity index (χ4v) is 3.49. The first-order valence-electron chi connectivity index (χ1n) is 7.31. The van der Waals surface area contributed by atoms with E-state index in [-0.39, 0.29) is 0 Å². The molecule has 0 aromatic heterocycles. The van der Waals surface area contributed by atoms with E-state index in [9.17, 15) is 4.21 Å². The molecule has 2 rings (SSSR count). The molecular formula is C17H23NOS. The van der Waals surface area contributed by atoms with Crippen molar-refractivity contribution in [3.05, 3.63) is 42.5 Å². The Labute approximate surface area is 124 Å². The van der Waals surface area contributed by atoms with Crippen molar-refractivity contribution in [1.82, 2.24) is 5.32 Å². The van der Waals surface area contributed by atoms with Crippen LogP contribution in [0.2, 0.25) is 0 Å². The first kappa shape index (κ1) is 15.2. The topological polar surface area (TPSA) is 29.1 Å². The molecule has 20 heavy (non-hydrogen) atoms. The molecule has 0 heterocycles. The molecule has 0 amide bonds. The van der Waals surface area contributed by atoms with Gasteiger partial charge in [-0.3, -0.25) is 4.21 Å². The molecule has 0 saturated heterocycles. The summed E-state index contributed by atoms with van der Waals surface area (Å²) in [5, 5.41) is 5.80. The molecule has 0 saturated carbocycles. The molecule has 0 fully saturated rings. The Hall–Kier alpha value is -1.19. The van der Waals surface area contributed by atoms with Gasteiger partial charge in [-0.15, -0.1) is 0 Å². The largest absolute Gasteiger partial charge is 0.314 e. The third-order valence-electron chi connectivity index (χ3n) is 3.46. The second-order valence-corrected chi connectivity index (χ2v) is 6.77. The lowest BCUT2D eigenvalue weighted by atomic mass is 10.1. The van der Waals surface area contributed by atoms with E-state index < -0.39 is 10.8 Å². The van der Waals surface area contributed by atoms with Crippen molar-refractivity contribution >= 4 is 21.6 Å². The van der Waals surface area contributed by atoms with E-state index in [1.165, 1.54) is 5.39 Å². The van der Waals surface area contributed by atoms with Gasteiger partial charge in [0.1, 0.15) is 0 Å². The molecule has 0 spiro atoms. The van der Waals surface area contributed by atoms with Crippen LogP contribution in [0.1, 0.15) is 26.7 Å². The summed E-state index contributed by atoms with van der Waals surface area (Å²) in [6.45, 7) is 5.35. The predicted octanol–water partition coefficient (Wildman–Crippen LogP) is 3.73. The Kier molecular flexibility index (Phi) is 5.74. The molecule has 0 aliphatic rings. The van der Waals surface area contributed by atoms with E-state index in [0.29, 0.717) is 6.04 Å². The van der Waals surface area contributed by atoms with Gasteiger partial charge in [0, 0.05) is 16.7 Å². The maximum Gasteiger partial charge on any atom is 0.0530 e. The fraction of sp³-hybridized carbons (Fsp3) is 0.412. The van der Waals surface area contributed by atoms with Gasteiger partial charge >= 0.3 is 0 Å². The maximum absolute atomic E-state index is 12.3. The quantitative estimate of drug-likeness (QED) is 0.841. The van der Waals surface area contributed by atoms with Crippen LogP contribution >= 0.6 is 0 Å². The molecule has 0 aliphatic carbocycles. The highest BCUT2D eigenvalue weighted by molar-refractivity contribution is 7.85. The fourth-order valence-electron chi connectivity index (χ4n) is 2.20. The highest BCUT2D eigenvalue weighted by Crippen LogP contribution is 2.18. The molecule has 108 valence electrons. The van der Waals surface area contributed by atoms with E-state index in [1.807, 2.05) is 18.2 Å². The number of fused-ring (bicyclic) bond motifs is 1. The van der Waals surface area contributed by atoms with Gasteiger partial charge in [0.15, 0.2) is 0 Å². The minimum Gasteiger partial charge on any atom is -0.314 e. The zero-order valence-electron chi connectivity index (χ0n) is 12.3. The molecule has 0 radical (unpaired) electrons. The Balaban J connectivity index is 1.97. The maximum atomic E-state index is 12.3.